The van der Waals surface area contributed by atoms with Crippen molar-refractivity contribution in [3.63, 3.8) is 0 Å². The van der Waals surface area contributed by atoms with Crippen LogP contribution < -0.4 is 0 Å². The van der Waals surface area contributed by atoms with Gasteiger partial charge in [0, 0.05) is 40.3 Å². The molecule has 0 aromatic carbocycles. The number of carbonyl (C=O) groups is 2. The summed E-state index contributed by atoms with van der Waals surface area (Å²) in [4.78, 5) is 28.8. The van der Waals surface area contributed by atoms with E-state index in [4.69, 9.17) is 4.74 Å². The number of nitrogens with zero attached hydrogens (tertiary/aromatic N) is 3. The van der Waals surface area contributed by atoms with Crippen LogP contribution in [0.5, 0.6) is 0 Å². The van der Waals surface area contributed by atoms with E-state index in [2.05, 4.69) is 9.80 Å². The summed E-state index contributed by atoms with van der Waals surface area (Å²) in [5, 5.41) is 0. The first-order chi connectivity index (χ1) is 8.45. The molecule has 6 nitrogen and oxygen atoms in total. The Bertz CT molecular complexity index is 299. The number of piperazine rings is 1. The van der Waals surface area contributed by atoms with Crippen molar-refractivity contribution in [2.45, 2.75) is 13.0 Å². The lowest BCUT2D eigenvalue weighted by Gasteiger charge is -2.36. The maximum atomic E-state index is 11.6. The van der Waals surface area contributed by atoms with Gasteiger partial charge in [-0.2, -0.15) is 0 Å². The predicted octanol–water partition coefficient (Wildman–Crippen LogP) is -0.746. The Morgan fingerprint density at radius 2 is 1.78 bits per heavy atom. The normalized spacial score (nSPS) is 19.3. The smallest absolute Gasteiger partial charge is 0.322 e. The van der Waals surface area contributed by atoms with Gasteiger partial charge in [0.2, 0.25) is 5.91 Å². The van der Waals surface area contributed by atoms with E-state index in [0.29, 0.717) is 6.54 Å². The number of likely N-dealkylation sites (N-methyl/N-ethyl adjacent to an activating group) is 1. The molecule has 0 aromatic heterocycles. The Labute approximate surface area is 108 Å². The van der Waals surface area contributed by atoms with E-state index < -0.39 is 0 Å². The van der Waals surface area contributed by atoms with Crippen LogP contribution in [0.2, 0.25) is 0 Å². The molecule has 1 heterocycles. The van der Waals surface area contributed by atoms with Crippen molar-refractivity contribution >= 4 is 11.9 Å². The van der Waals surface area contributed by atoms with Gasteiger partial charge in [-0.15, -0.1) is 0 Å². The van der Waals surface area contributed by atoms with Gasteiger partial charge in [0.25, 0.3) is 0 Å². The van der Waals surface area contributed by atoms with Gasteiger partial charge in [0.15, 0.2) is 0 Å². The molecule has 0 saturated carbocycles. The first-order valence-corrected chi connectivity index (χ1v) is 6.20. The average molecular weight is 257 g/mol. The maximum absolute atomic E-state index is 11.6. The number of amides is 1. The van der Waals surface area contributed by atoms with E-state index in [0.717, 1.165) is 26.2 Å². The van der Waals surface area contributed by atoms with Gasteiger partial charge in [-0.05, 0) is 6.92 Å². The van der Waals surface area contributed by atoms with Crippen molar-refractivity contribution in [1.29, 1.82) is 0 Å². The zero-order valence-electron chi connectivity index (χ0n) is 11.7. The molecule has 0 aromatic rings. The third-order valence-corrected chi connectivity index (χ3v) is 3.35. The molecule has 0 aliphatic carbocycles. The summed E-state index contributed by atoms with van der Waals surface area (Å²) in [5.74, 6) is -0.0858. The van der Waals surface area contributed by atoms with Gasteiger partial charge >= 0.3 is 5.97 Å². The third kappa shape index (κ3) is 3.96. The Hall–Kier alpha value is -1.14. The zero-order chi connectivity index (χ0) is 13.7. The van der Waals surface area contributed by atoms with Crippen molar-refractivity contribution in [3.05, 3.63) is 0 Å². The van der Waals surface area contributed by atoms with Crippen LogP contribution >= 0.6 is 0 Å². The molecule has 1 aliphatic rings. The number of hydrogen-bond acceptors (Lipinski definition) is 5. The number of carbonyl (C=O) groups excluding carboxylic acids is 2. The largest absolute Gasteiger partial charge is 0.468 e. The summed E-state index contributed by atoms with van der Waals surface area (Å²) in [6.45, 7) is 5.50. The molecule has 1 amide bonds. The van der Waals surface area contributed by atoms with Crippen LogP contribution in [0.3, 0.4) is 0 Å². The molecular weight excluding hydrogens is 234 g/mol. The minimum Gasteiger partial charge on any atom is -0.468 e. The molecule has 18 heavy (non-hydrogen) atoms. The van der Waals surface area contributed by atoms with Crippen LogP contribution in [0.1, 0.15) is 6.92 Å². The summed E-state index contributed by atoms with van der Waals surface area (Å²) < 4.78 is 4.73. The summed E-state index contributed by atoms with van der Waals surface area (Å²) in [7, 11) is 4.93. The number of rotatable bonds is 4. The molecule has 1 rings (SSSR count). The first-order valence-electron chi connectivity index (χ1n) is 6.20. The molecule has 1 fully saturated rings. The minimum absolute atomic E-state index is 0.115. The molecular formula is C12H23N3O3. The highest BCUT2D eigenvalue weighted by molar-refractivity contribution is 5.77. The van der Waals surface area contributed by atoms with E-state index >= 15 is 0 Å². The fraction of sp³-hybridized carbons (Fsp3) is 0.833. The molecule has 0 spiro atoms. The van der Waals surface area contributed by atoms with Crippen molar-refractivity contribution in [2.24, 2.45) is 0 Å². The molecule has 1 atom stereocenters. The highest BCUT2D eigenvalue weighted by Gasteiger charge is 2.26. The number of hydrogen-bond donors (Lipinski definition) is 0. The molecule has 0 unspecified atom stereocenters. The van der Waals surface area contributed by atoms with Crippen molar-refractivity contribution in [3.8, 4) is 0 Å². The lowest BCUT2D eigenvalue weighted by molar-refractivity contribution is -0.147. The van der Waals surface area contributed by atoms with E-state index in [-0.39, 0.29) is 17.9 Å². The van der Waals surface area contributed by atoms with Gasteiger partial charge in [0.05, 0.1) is 13.7 Å². The van der Waals surface area contributed by atoms with Crippen molar-refractivity contribution < 1.29 is 14.3 Å². The molecule has 104 valence electrons. The second-order valence-corrected chi connectivity index (χ2v) is 4.80. The average Bonchev–Trinajstić information content (AvgIpc) is 2.37. The highest BCUT2D eigenvalue weighted by atomic mass is 16.5. The van der Waals surface area contributed by atoms with Crippen LogP contribution in [0.25, 0.3) is 0 Å². The summed E-state index contributed by atoms with van der Waals surface area (Å²) in [6.07, 6.45) is 0. The van der Waals surface area contributed by atoms with E-state index in [1.165, 1.54) is 7.11 Å². The van der Waals surface area contributed by atoms with Gasteiger partial charge < -0.3 is 9.64 Å². The third-order valence-electron chi connectivity index (χ3n) is 3.35. The minimum atomic E-state index is -0.207. The second-order valence-electron chi connectivity index (χ2n) is 4.80. The number of esters is 1. The lowest BCUT2D eigenvalue weighted by atomic mass is 10.2. The second kappa shape index (κ2) is 6.70. The fourth-order valence-electron chi connectivity index (χ4n) is 1.96. The van der Waals surface area contributed by atoms with Crippen LogP contribution in [0, 0.1) is 0 Å². The van der Waals surface area contributed by atoms with Crippen LogP contribution in [0.4, 0.5) is 0 Å². The van der Waals surface area contributed by atoms with E-state index in [1.54, 1.807) is 19.0 Å². The number of methoxy groups -OCH3 is 1. The van der Waals surface area contributed by atoms with Gasteiger partial charge in [0.1, 0.15) is 6.04 Å². The Balaban J connectivity index is 2.37. The zero-order valence-corrected chi connectivity index (χ0v) is 11.7. The number of ether oxygens (including phenoxy) is 1. The SMILES string of the molecule is COC(=O)[C@@H](C)N1CCN(CC(=O)N(C)C)CC1. The Morgan fingerprint density at radius 1 is 1.22 bits per heavy atom. The molecule has 1 saturated heterocycles. The van der Waals surface area contributed by atoms with E-state index in [1.807, 2.05) is 6.92 Å². The van der Waals surface area contributed by atoms with Crippen molar-refractivity contribution in [1.82, 2.24) is 14.7 Å². The monoisotopic (exact) mass is 257 g/mol. The quantitative estimate of drug-likeness (QED) is 0.621. The van der Waals surface area contributed by atoms with Crippen LogP contribution in [-0.4, -0.2) is 86.5 Å². The predicted molar refractivity (Wildman–Crippen MR) is 68.2 cm³/mol. The van der Waals surface area contributed by atoms with Crippen molar-refractivity contribution in [2.75, 3.05) is 53.9 Å². The molecule has 1 aliphatic heterocycles. The highest BCUT2D eigenvalue weighted by Crippen LogP contribution is 2.07. The van der Waals surface area contributed by atoms with Crippen LogP contribution in [0.15, 0.2) is 0 Å². The molecule has 0 bridgehead atoms. The summed E-state index contributed by atoms with van der Waals surface area (Å²) in [5.41, 5.74) is 0. The fourth-order valence-corrected chi connectivity index (χ4v) is 1.96. The molecule has 0 radical (unpaired) electrons. The van der Waals surface area contributed by atoms with Gasteiger partial charge in [-0.1, -0.05) is 0 Å². The summed E-state index contributed by atoms with van der Waals surface area (Å²) in [6, 6.07) is -0.207. The van der Waals surface area contributed by atoms with E-state index in [9.17, 15) is 9.59 Å². The topological polar surface area (TPSA) is 53.1 Å². The molecule has 6 heteroatoms. The Kier molecular flexibility index (Phi) is 5.55. The van der Waals surface area contributed by atoms with Gasteiger partial charge in [-0.25, -0.2) is 0 Å². The van der Waals surface area contributed by atoms with Gasteiger partial charge in [-0.3, -0.25) is 19.4 Å². The first kappa shape index (κ1) is 14.9. The lowest BCUT2D eigenvalue weighted by Crippen LogP contribution is -2.53. The standard InChI is InChI=1S/C12H23N3O3/c1-10(12(17)18-4)15-7-5-14(6-8-15)9-11(16)13(2)3/h10H,5-9H2,1-4H3/t10-/m1/s1. The Morgan fingerprint density at radius 3 is 2.22 bits per heavy atom. The van der Waals surface area contributed by atoms with Crippen LogP contribution in [-0.2, 0) is 14.3 Å². The summed E-state index contributed by atoms with van der Waals surface area (Å²) >= 11 is 0. The maximum Gasteiger partial charge on any atom is 0.322 e. The molecule has 0 N–H and O–H groups in total.